The van der Waals surface area contributed by atoms with Gasteiger partial charge in [-0.05, 0) is 53.7 Å². The number of pyridine rings is 1. The van der Waals surface area contributed by atoms with Crippen LogP contribution in [0.4, 0.5) is 4.79 Å². The van der Waals surface area contributed by atoms with E-state index in [2.05, 4.69) is 4.98 Å². The molecule has 0 unspecified atom stereocenters. The molecule has 0 aromatic carbocycles. The Hall–Kier alpha value is -1.34. The van der Waals surface area contributed by atoms with Gasteiger partial charge in [-0.3, -0.25) is 0 Å². The van der Waals surface area contributed by atoms with Crippen molar-refractivity contribution in [2.75, 3.05) is 0 Å². The summed E-state index contributed by atoms with van der Waals surface area (Å²) < 4.78 is 31.4. The Kier molecular flexibility index (Phi) is 5.14. The lowest BCUT2D eigenvalue weighted by Crippen LogP contribution is -2.51. The summed E-state index contributed by atoms with van der Waals surface area (Å²) in [6.45, 7) is 9.78. The van der Waals surface area contributed by atoms with Gasteiger partial charge >= 0.3 is 6.09 Å². The molecule has 1 heterocycles. The fraction of sp³-hybridized carbons (Fsp3) is 0.571. The van der Waals surface area contributed by atoms with E-state index in [1.807, 2.05) is 0 Å². The highest BCUT2D eigenvalue weighted by Crippen LogP contribution is 2.27. The van der Waals surface area contributed by atoms with E-state index < -0.39 is 27.3 Å². The fourth-order valence-electron chi connectivity index (χ4n) is 1.66. The van der Waals surface area contributed by atoms with E-state index in [0.717, 1.165) is 0 Å². The van der Waals surface area contributed by atoms with Crippen molar-refractivity contribution in [3.63, 3.8) is 0 Å². The smallest absolute Gasteiger partial charge is 0.424 e. The van der Waals surface area contributed by atoms with Gasteiger partial charge in [0.05, 0.1) is 5.54 Å². The van der Waals surface area contributed by atoms with Crippen LogP contribution in [0.3, 0.4) is 0 Å². The van der Waals surface area contributed by atoms with Crippen molar-refractivity contribution in [2.45, 2.75) is 57.7 Å². The number of aromatic nitrogens is 1. The number of halogens is 1. The van der Waals surface area contributed by atoms with Crippen LogP contribution >= 0.6 is 11.6 Å². The van der Waals surface area contributed by atoms with Crippen LogP contribution in [0.2, 0.25) is 5.02 Å². The number of nitrogens with zero attached hydrogens (tertiary/aromatic N) is 2. The SMILES string of the molecule is CC(C)(C)OC(=O)N(C(C)(C)C)S(=O)(=O)c1cc(Cl)ccn1. The first-order valence-corrected chi connectivity index (χ1v) is 8.47. The molecular weight excluding hydrogens is 328 g/mol. The van der Waals surface area contributed by atoms with Crippen LogP contribution < -0.4 is 0 Å². The normalized spacial score (nSPS) is 12.9. The Morgan fingerprint density at radius 3 is 2.18 bits per heavy atom. The summed E-state index contributed by atoms with van der Waals surface area (Å²) in [5, 5.41) is -0.0904. The zero-order valence-corrected chi connectivity index (χ0v) is 15.1. The lowest BCUT2D eigenvalue weighted by Gasteiger charge is -2.35. The topological polar surface area (TPSA) is 76.6 Å². The Bertz CT molecular complexity index is 660. The average Bonchev–Trinajstić information content (AvgIpc) is 2.23. The zero-order chi connectivity index (χ0) is 17.3. The van der Waals surface area contributed by atoms with Crippen LogP contribution in [-0.4, -0.2) is 34.9 Å². The molecular formula is C14H21ClN2O4S. The summed E-state index contributed by atoms with van der Waals surface area (Å²) in [6, 6.07) is 2.65. The largest absolute Gasteiger partial charge is 0.443 e. The molecule has 1 amide bonds. The van der Waals surface area contributed by atoms with Crippen molar-refractivity contribution in [3.8, 4) is 0 Å². The second kappa shape index (κ2) is 6.04. The molecule has 0 radical (unpaired) electrons. The molecule has 0 fully saturated rings. The lowest BCUT2D eigenvalue weighted by molar-refractivity contribution is 0.0282. The summed E-state index contributed by atoms with van der Waals surface area (Å²) in [5.74, 6) is 0. The third kappa shape index (κ3) is 4.58. The molecule has 1 aromatic rings. The third-order valence-corrected chi connectivity index (χ3v) is 4.53. The van der Waals surface area contributed by atoms with Crippen LogP contribution in [0.25, 0.3) is 0 Å². The monoisotopic (exact) mass is 348 g/mol. The third-order valence-electron chi connectivity index (χ3n) is 2.37. The molecule has 0 N–H and O–H groups in total. The van der Waals surface area contributed by atoms with Gasteiger partial charge in [0.25, 0.3) is 10.0 Å². The summed E-state index contributed by atoms with van der Waals surface area (Å²) in [5.41, 5.74) is -1.84. The first kappa shape index (κ1) is 18.7. The molecule has 124 valence electrons. The number of hydrogen-bond donors (Lipinski definition) is 0. The molecule has 0 atom stereocenters. The van der Waals surface area contributed by atoms with E-state index in [1.165, 1.54) is 18.3 Å². The first-order chi connectivity index (χ1) is 9.75. The van der Waals surface area contributed by atoms with E-state index in [4.69, 9.17) is 16.3 Å². The molecule has 8 heteroatoms. The summed E-state index contributed by atoms with van der Waals surface area (Å²) in [4.78, 5) is 16.2. The molecule has 22 heavy (non-hydrogen) atoms. The number of rotatable bonds is 2. The minimum absolute atomic E-state index is 0.214. The molecule has 0 aliphatic carbocycles. The van der Waals surface area contributed by atoms with E-state index >= 15 is 0 Å². The average molecular weight is 349 g/mol. The fourth-order valence-corrected chi connectivity index (χ4v) is 3.49. The number of ether oxygens (including phenoxy) is 1. The molecule has 1 rings (SSSR count). The predicted octanol–water partition coefficient (Wildman–Crippen LogP) is 3.46. The second-order valence-electron chi connectivity index (χ2n) is 6.73. The maximum atomic E-state index is 12.8. The lowest BCUT2D eigenvalue weighted by atomic mass is 10.1. The van der Waals surface area contributed by atoms with Gasteiger partial charge in [0.1, 0.15) is 5.60 Å². The number of amides is 1. The van der Waals surface area contributed by atoms with Crippen molar-refractivity contribution < 1.29 is 17.9 Å². The van der Waals surface area contributed by atoms with Crippen LogP contribution in [-0.2, 0) is 14.8 Å². The Balaban J connectivity index is 3.37. The number of carbonyl (C=O) groups excluding carboxylic acids is 1. The van der Waals surface area contributed by atoms with Gasteiger partial charge in [-0.1, -0.05) is 11.6 Å². The highest BCUT2D eigenvalue weighted by molar-refractivity contribution is 7.89. The van der Waals surface area contributed by atoms with Gasteiger partial charge in [-0.2, -0.15) is 12.7 Å². The molecule has 0 saturated carbocycles. The minimum atomic E-state index is -4.19. The van der Waals surface area contributed by atoms with Crippen LogP contribution in [0.5, 0.6) is 0 Å². The van der Waals surface area contributed by atoms with Gasteiger partial charge in [-0.25, -0.2) is 9.78 Å². The van der Waals surface area contributed by atoms with Crippen LogP contribution in [0, 0.1) is 0 Å². The van der Waals surface area contributed by atoms with Crippen molar-refractivity contribution in [1.29, 1.82) is 0 Å². The molecule has 0 aliphatic rings. The Morgan fingerprint density at radius 1 is 1.23 bits per heavy atom. The van der Waals surface area contributed by atoms with E-state index in [0.29, 0.717) is 4.31 Å². The maximum absolute atomic E-state index is 12.8. The molecule has 0 aliphatic heterocycles. The summed E-state index contributed by atoms with van der Waals surface area (Å²) in [7, 11) is -4.19. The minimum Gasteiger partial charge on any atom is -0.443 e. The molecule has 0 saturated heterocycles. The number of carbonyl (C=O) groups is 1. The molecule has 6 nitrogen and oxygen atoms in total. The van der Waals surface area contributed by atoms with Gasteiger partial charge < -0.3 is 4.74 Å². The van der Waals surface area contributed by atoms with E-state index in [9.17, 15) is 13.2 Å². The van der Waals surface area contributed by atoms with Gasteiger partial charge in [0, 0.05) is 11.2 Å². The number of hydrogen-bond acceptors (Lipinski definition) is 5. The van der Waals surface area contributed by atoms with Gasteiger partial charge in [0.15, 0.2) is 5.03 Å². The predicted molar refractivity (Wildman–Crippen MR) is 84.3 cm³/mol. The van der Waals surface area contributed by atoms with Crippen molar-refractivity contribution in [3.05, 3.63) is 23.4 Å². The molecule has 0 spiro atoms. The van der Waals surface area contributed by atoms with Crippen LogP contribution in [0.1, 0.15) is 41.5 Å². The van der Waals surface area contributed by atoms with E-state index in [-0.39, 0.29) is 10.0 Å². The number of sulfonamides is 1. The summed E-state index contributed by atoms with van der Waals surface area (Å²) >= 11 is 5.82. The van der Waals surface area contributed by atoms with Crippen molar-refractivity contribution in [1.82, 2.24) is 9.29 Å². The summed E-state index contributed by atoms with van der Waals surface area (Å²) in [6.07, 6.45) is 0.312. The first-order valence-electron chi connectivity index (χ1n) is 6.65. The van der Waals surface area contributed by atoms with Crippen LogP contribution in [0.15, 0.2) is 23.4 Å². The van der Waals surface area contributed by atoms with Crippen molar-refractivity contribution >= 4 is 27.7 Å². The van der Waals surface area contributed by atoms with E-state index in [1.54, 1.807) is 41.5 Å². The quantitative estimate of drug-likeness (QED) is 0.818. The highest BCUT2D eigenvalue weighted by atomic mass is 35.5. The van der Waals surface area contributed by atoms with Crippen molar-refractivity contribution in [2.24, 2.45) is 0 Å². The standard InChI is InChI=1S/C14H21ClN2O4S/c1-13(2,3)17(12(18)21-14(4,5)6)22(19,20)11-9-10(15)7-8-16-11/h7-9H,1-6H3. The van der Waals surface area contributed by atoms with Gasteiger partial charge in [-0.15, -0.1) is 0 Å². The second-order valence-corrected chi connectivity index (χ2v) is 8.90. The molecule has 1 aromatic heterocycles. The highest BCUT2D eigenvalue weighted by Gasteiger charge is 2.41. The maximum Gasteiger partial charge on any atom is 0.424 e. The van der Waals surface area contributed by atoms with Gasteiger partial charge in [0.2, 0.25) is 0 Å². The Labute approximate surface area is 136 Å². The zero-order valence-electron chi connectivity index (χ0n) is 13.5. The Morgan fingerprint density at radius 2 is 1.77 bits per heavy atom. The molecule has 0 bridgehead atoms.